The number of anilines is 2. The predicted molar refractivity (Wildman–Crippen MR) is 151 cm³/mol. The zero-order chi connectivity index (χ0) is 28.5. The van der Waals surface area contributed by atoms with Gasteiger partial charge in [-0.3, -0.25) is 4.79 Å². The lowest BCUT2D eigenvalue weighted by molar-refractivity contribution is 0.0713. The summed E-state index contributed by atoms with van der Waals surface area (Å²) in [6.45, 7) is 2.42. The Balaban J connectivity index is 1.55. The molecule has 4 rings (SSSR count). The highest BCUT2D eigenvalue weighted by molar-refractivity contribution is 5.85. The highest BCUT2D eigenvalue weighted by Gasteiger charge is 2.23. The number of carbonyl (C=O) groups excluding carboxylic acids is 1. The van der Waals surface area contributed by atoms with Crippen LogP contribution in [0.1, 0.15) is 22.8 Å². The number of para-hydroxylation sites is 1. The first-order chi connectivity index (χ1) is 19.4. The Labute approximate surface area is 233 Å². The third kappa shape index (κ3) is 6.73. The zero-order valence-electron chi connectivity index (χ0n) is 23.1. The van der Waals surface area contributed by atoms with Crippen molar-refractivity contribution >= 4 is 17.8 Å². The van der Waals surface area contributed by atoms with E-state index in [1.54, 1.807) is 47.5 Å². The highest BCUT2D eigenvalue weighted by atomic mass is 16.5. The number of hydrogen-bond acceptors (Lipinski definition) is 10. The van der Waals surface area contributed by atoms with Gasteiger partial charge in [0, 0.05) is 13.1 Å². The van der Waals surface area contributed by atoms with E-state index in [9.17, 15) is 4.79 Å². The Bertz CT molecular complexity index is 1430. The summed E-state index contributed by atoms with van der Waals surface area (Å²) >= 11 is 0. The molecule has 4 aromatic rings. The van der Waals surface area contributed by atoms with Crippen molar-refractivity contribution in [1.29, 1.82) is 0 Å². The van der Waals surface area contributed by atoms with E-state index in [0.717, 1.165) is 11.1 Å². The fourth-order valence-electron chi connectivity index (χ4n) is 3.92. The molecule has 0 bridgehead atoms. The Morgan fingerprint density at radius 3 is 1.88 bits per heavy atom. The fraction of sp³-hybridized carbons (Fsp3) is 0.276. The summed E-state index contributed by atoms with van der Waals surface area (Å²) in [5, 5.41) is 10.8. The van der Waals surface area contributed by atoms with Crippen LogP contribution in [0.5, 0.6) is 28.7 Å². The number of methoxy groups -OCH3 is 4. The van der Waals surface area contributed by atoms with E-state index in [0.29, 0.717) is 41.8 Å². The maximum Gasteiger partial charge on any atom is 0.290 e. The van der Waals surface area contributed by atoms with Crippen molar-refractivity contribution in [3.8, 4) is 28.7 Å². The molecule has 1 atom stereocenters. The van der Waals surface area contributed by atoms with E-state index in [-0.39, 0.29) is 17.8 Å². The van der Waals surface area contributed by atoms with E-state index in [4.69, 9.17) is 23.7 Å². The second kappa shape index (κ2) is 13.2. The van der Waals surface area contributed by atoms with E-state index in [1.807, 2.05) is 54.6 Å². The van der Waals surface area contributed by atoms with Gasteiger partial charge < -0.3 is 34.3 Å². The van der Waals surface area contributed by atoms with Crippen molar-refractivity contribution < 1.29 is 28.5 Å². The van der Waals surface area contributed by atoms with Crippen molar-refractivity contribution in [2.45, 2.75) is 26.1 Å². The molecule has 0 amide bonds. The SMILES string of the molecule is COc1ccc(CNc2nc(NCc3ccc(OC)c(OC)c3)n(C(=O)[C@H](C)Oc3ccccc3)n2)cc1OC. The summed E-state index contributed by atoms with van der Waals surface area (Å²) in [5.74, 6) is 3.19. The second-order valence-corrected chi connectivity index (χ2v) is 8.67. The van der Waals surface area contributed by atoms with Crippen molar-refractivity contribution in [2.75, 3.05) is 39.1 Å². The number of carbonyl (C=O) groups is 1. The Morgan fingerprint density at radius 2 is 1.32 bits per heavy atom. The lowest BCUT2D eigenvalue weighted by Gasteiger charge is -2.15. The molecule has 0 saturated heterocycles. The summed E-state index contributed by atoms with van der Waals surface area (Å²) in [4.78, 5) is 18.0. The topological polar surface area (TPSA) is 118 Å². The summed E-state index contributed by atoms with van der Waals surface area (Å²) in [7, 11) is 6.33. The summed E-state index contributed by atoms with van der Waals surface area (Å²) < 4.78 is 28.5. The van der Waals surface area contributed by atoms with Gasteiger partial charge in [0.05, 0.1) is 28.4 Å². The van der Waals surface area contributed by atoms with Gasteiger partial charge in [0.2, 0.25) is 11.9 Å². The summed E-state index contributed by atoms with van der Waals surface area (Å²) in [5.41, 5.74) is 1.81. The quantitative estimate of drug-likeness (QED) is 0.245. The van der Waals surface area contributed by atoms with Crippen LogP contribution < -0.4 is 34.3 Å². The molecule has 40 heavy (non-hydrogen) atoms. The molecule has 0 saturated carbocycles. The standard InChI is InChI=1S/C29H33N5O6/c1-19(40-22-9-7-6-8-10-22)27(35)34-29(31-18-21-12-14-24(37-3)26(16-21)39-5)32-28(33-34)30-17-20-11-13-23(36-2)25(15-20)38-4/h6-16,19H,17-18H2,1-5H3,(H2,30,31,32,33)/t19-/m0/s1. The predicted octanol–water partition coefficient (Wildman–Crippen LogP) is 4.64. The number of ether oxygens (including phenoxy) is 5. The fourth-order valence-corrected chi connectivity index (χ4v) is 3.92. The van der Waals surface area contributed by atoms with Gasteiger partial charge in [-0.25, -0.2) is 0 Å². The molecule has 0 radical (unpaired) electrons. The number of nitrogens with zero attached hydrogens (tertiary/aromatic N) is 3. The molecule has 0 fully saturated rings. The third-order valence-corrected chi connectivity index (χ3v) is 6.02. The first-order valence-corrected chi connectivity index (χ1v) is 12.6. The largest absolute Gasteiger partial charge is 0.493 e. The molecule has 1 heterocycles. The first-order valence-electron chi connectivity index (χ1n) is 12.6. The van der Waals surface area contributed by atoms with Crippen LogP contribution in [0, 0.1) is 0 Å². The van der Waals surface area contributed by atoms with Crippen molar-refractivity contribution in [1.82, 2.24) is 14.8 Å². The Morgan fingerprint density at radius 1 is 0.775 bits per heavy atom. The monoisotopic (exact) mass is 547 g/mol. The van der Waals surface area contributed by atoms with Gasteiger partial charge in [0.15, 0.2) is 29.1 Å². The number of aromatic nitrogens is 3. The van der Waals surface area contributed by atoms with Gasteiger partial charge in [0.1, 0.15) is 5.75 Å². The average Bonchev–Trinajstić information content (AvgIpc) is 3.41. The molecule has 0 aliphatic heterocycles. The van der Waals surface area contributed by atoms with Crippen LogP contribution in [0.2, 0.25) is 0 Å². The minimum absolute atomic E-state index is 0.262. The van der Waals surface area contributed by atoms with Crippen LogP contribution in [-0.2, 0) is 13.1 Å². The van der Waals surface area contributed by atoms with Crippen LogP contribution in [0.25, 0.3) is 0 Å². The van der Waals surface area contributed by atoms with Crippen molar-refractivity contribution in [3.05, 3.63) is 77.9 Å². The van der Waals surface area contributed by atoms with E-state index < -0.39 is 6.10 Å². The lowest BCUT2D eigenvalue weighted by atomic mass is 10.2. The Hall–Kier alpha value is -4.93. The molecule has 11 heteroatoms. The molecular weight excluding hydrogens is 514 g/mol. The van der Waals surface area contributed by atoms with Crippen LogP contribution in [0.3, 0.4) is 0 Å². The molecule has 11 nitrogen and oxygen atoms in total. The third-order valence-electron chi connectivity index (χ3n) is 6.02. The number of benzene rings is 3. The smallest absolute Gasteiger partial charge is 0.290 e. The van der Waals surface area contributed by atoms with Crippen LogP contribution in [0.4, 0.5) is 11.9 Å². The molecule has 3 aromatic carbocycles. The van der Waals surface area contributed by atoms with Gasteiger partial charge in [-0.05, 0) is 54.4 Å². The van der Waals surface area contributed by atoms with Gasteiger partial charge in [-0.2, -0.15) is 9.67 Å². The molecule has 0 aliphatic carbocycles. The van der Waals surface area contributed by atoms with E-state index in [1.165, 1.54) is 4.68 Å². The number of hydrogen-bond donors (Lipinski definition) is 2. The summed E-state index contributed by atoms with van der Waals surface area (Å²) in [6, 6.07) is 20.3. The van der Waals surface area contributed by atoms with Crippen LogP contribution >= 0.6 is 0 Å². The number of rotatable bonds is 13. The summed E-state index contributed by atoms with van der Waals surface area (Å²) in [6.07, 6.45) is -0.815. The second-order valence-electron chi connectivity index (χ2n) is 8.67. The van der Waals surface area contributed by atoms with E-state index >= 15 is 0 Å². The molecular formula is C29H33N5O6. The lowest BCUT2D eigenvalue weighted by Crippen LogP contribution is -2.31. The minimum Gasteiger partial charge on any atom is -0.493 e. The normalized spacial score (nSPS) is 11.3. The van der Waals surface area contributed by atoms with Crippen LogP contribution in [0.15, 0.2) is 66.7 Å². The molecule has 1 aromatic heterocycles. The van der Waals surface area contributed by atoms with Crippen LogP contribution in [-0.4, -0.2) is 55.2 Å². The average molecular weight is 548 g/mol. The van der Waals surface area contributed by atoms with Crippen molar-refractivity contribution in [2.24, 2.45) is 0 Å². The molecule has 210 valence electrons. The number of nitrogens with one attached hydrogen (secondary N) is 2. The van der Waals surface area contributed by atoms with Gasteiger partial charge in [-0.15, -0.1) is 5.10 Å². The Kier molecular flexibility index (Phi) is 9.29. The van der Waals surface area contributed by atoms with Gasteiger partial charge in [0.25, 0.3) is 5.91 Å². The van der Waals surface area contributed by atoms with Gasteiger partial charge in [-0.1, -0.05) is 30.3 Å². The first kappa shape index (κ1) is 28.1. The maximum atomic E-state index is 13.4. The van der Waals surface area contributed by atoms with Gasteiger partial charge >= 0.3 is 0 Å². The molecule has 2 N–H and O–H groups in total. The molecule has 0 spiro atoms. The van der Waals surface area contributed by atoms with Crippen molar-refractivity contribution in [3.63, 3.8) is 0 Å². The zero-order valence-corrected chi connectivity index (χ0v) is 23.1. The minimum atomic E-state index is -0.815. The van der Waals surface area contributed by atoms with E-state index in [2.05, 4.69) is 20.7 Å². The molecule has 0 aliphatic rings. The maximum absolute atomic E-state index is 13.4. The highest BCUT2D eigenvalue weighted by Crippen LogP contribution is 2.29. The molecule has 0 unspecified atom stereocenters.